The summed E-state index contributed by atoms with van der Waals surface area (Å²) in [5, 5.41) is 8.87. The molecule has 0 aromatic heterocycles. The van der Waals surface area contributed by atoms with Gasteiger partial charge >= 0.3 is 5.97 Å². The van der Waals surface area contributed by atoms with Gasteiger partial charge < -0.3 is 5.11 Å². The minimum Gasteiger partial charge on any atom is -0.478 e. The van der Waals surface area contributed by atoms with Gasteiger partial charge in [-0.25, -0.2) is 9.18 Å². The van der Waals surface area contributed by atoms with Crippen molar-refractivity contribution in [2.75, 3.05) is 0 Å². The maximum Gasteiger partial charge on any atom is 0.335 e. The zero-order valence-corrected chi connectivity index (χ0v) is 7.83. The van der Waals surface area contributed by atoms with Crippen molar-refractivity contribution >= 4 is 11.5 Å². The molecule has 1 aromatic rings. The van der Waals surface area contributed by atoms with Crippen LogP contribution in [0, 0.1) is 5.82 Å². The summed E-state index contributed by atoms with van der Waals surface area (Å²) in [4.78, 5) is 10.8. The molecule has 0 spiro atoms. The summed E-state index contributed by atoms with van der Waals surface area (Å²) < 4.78 is 12.6. The van der Waals surface area contributed by atoms with E-state index in [1.165, 1.54) is 24.3 Å². The first-order valence-corrected chi connectivity index (χ1v) is 4.34. The van der Waals surface area contributed by atoms with E-state index in [0.717, 1.165) is 0 Å². The molecule has 0 aliphatic carbocycles. The van der Waals surface area contributed by atoms with Crippen LogP contribution in [-0.4, -0.2) is 11.1 Å². The molecule has 0 fully saturated rings. The Hall–Kier alpha value is -1.64. The van der Waals surface area contributed by atoms with Gasteiger partial charge in [0.15, 0.2) is 0 Å². The summed E-state index contributed by atoms with van der Waals surface area (Å²) in [6.07, 6.45) is 2.24. The molecule has 1 aromatic carbocycles. The van der Waals surface area contributed by atoms with E-state index in [1.807, 2.05) is 6.92 Å². The highest BCUT2D eigenvalue weighted by Gasteiger charge is 2.08. The van der Waals surface area contributed by atoms with Gasteiger partial charge in [0.1, 0.15) is 5.82 Å². The van der Waals surface area contributed by atoms with Gasteiger partial charge in [0.25, 0.3) is 0 Å². The Kier molecular flexibility index (Phi) is 3.40. The lowest BCUT2D eigenvalue weighted by atomic mass is 10.1. The van der Waals surface area contributed by atoms with E-state index >= 15 is 0 Å². The fourth-order valence-corrected chi connectivity index (χ4v) is 1.16. The maximum absolute atomic E-state index is 12.6. The van der Waals surface area contributed by atoms with E-state index < -0.39 is 5.97 Å². The van der Waals surface area contributed by atoms with Crippen LogP contribution < -0.4 is 0 Å². The number of aliphatic carboxylic acids is 1. The highest BCUT2D eigenvalue weighted by Crippen LogP contribution is 2.15. The van der Waals surface area contributed by atoms with Crippen molar-refractivity contribution in [3.63, 3.8) is 0 Å². The molecule has 3 heteroatoms. The van der Waals surface area contributed by atoms with Crippen LogP contribution >= 0.6 is 0 Å². The van der Waals surface area contributed by atoms with Crippen molar-refractivity contribution in [1.82, 2.24) is 0 Å². The standard InChI is InChI=1S/C11H11FO2/c1-2-3-10(11(13)14)8-4-6-9(12)7-5-8/h3-7H,2H2,1H3,(H,13,14)/b10-3-. The summed E-state index contributed by atoms with van der Waals surface area (Å²) in [7, 11) is 0. The zero-order valence-electron chi connectivity index (χ0n) is 7.83. The first-order valence-electron chi connectivity index (χ1n) is 4.34. The molecule has 0 saturated heterocycles. The average Bonchev–Trinajstić information content (AvgIpc) is 2.15. The second-order valence-electron chi connectivity index (χ2n) is 2.84. The van der Waals surface area contributed by atoms with Crippen LogP contribution in [-0.2, 0) is 4.79 Å². The van der Waals surface area contributed by atoms with Crippen molar-refractivity contribution in [3.05, 3.63) is 41.7 Å². The van der Waals surface area contributed by atoms with Crippen LogP contribution in [0.2, 0.25) is 0 Å². The quantitative estimate of drug-likeness (QED) is 0.751. The Balaban J connectivity index is 3.06. The molecule has 74 valence electrons. The number of halogens is 1. The molecule has 0 atom stereocenters. The van der Waals surface area contributed by atoms with E-state index in [-0.39, 0.29) is 11.4 Å². The molecule has 1 N–H and O–H groups in total. The third-order valence-corrected chi connectivity index (χ3v) is 1.79. The third-order valence-electron chi connectivity index (χ3n) is 1.79. The first-order chi connectivity index (χ1) is 6.65. The van der Waals surface area contributed by atoms with Gasteiger partial charge in [0, 0.05) is 0 Å². The molecular formula is C11H11FO2. The highest BCUT2D eigenvalue weighted by atomic mass is 19.1. The number of hydrogen-bond acceptors (Lipinski definition) is 1. The fraction of sp³-hybridized carbons (Fsp3) is 0.182. The van der Waals surface area contributed by atoms with Crippen molar-refractivity contribution < 1.29 is 14.3 Å². The van der Waals surface area contributed by atoms with E-state index in [0.29, 0.717) is 12.0 Å². The molecule has 14 heavy (non-hydrogen) atoms. The van der Waals surface area contributed by atoms with E-state index in [4.69, 9.17) is 5.11 Å². The molecule has 0 bridgehead atoms. The molecule has 0 aliphatic rings. The van der Waals surface area contributed by atoms with Crippen LogP contribution in [0.25, 0.3) is 5.57 Å². The molecule has 1 rings (SSSR count). The van der Waals surface area contributed by atoms with Crippen LogP contribution in [0.5, 0.6) is 0 Å². The van der Waals surface area contributed by atoms with E-state index in [1.54, 1.807) is 6.08 Å². The lowest BCUT2D eigenvalue weighted by Crippen LogP contribution is -1.99. The average molecular weight is 194 g/mol. The van der Waals surface area contributed by atoms with Crippen LogP contribution in [0.1, 0.15) is 18.9 Å². The summed E-state index contributed by atoms with van der Waals surface area (Å²) in [6.45, 7) is 1.85. The van der Waals surface area contributed by atoms with Crippen LogP contribution in [0.15, 0.2) is 30.3 Å². The number of carboxylic acids is 1. The predicted molar refractivity (Wildman–Crippen MR) is 52.3 cm³/mol. The van der Waals surface area contributed by atoms with Gasteiger partial charge in [-0.1, -0.05) is 25.1 Å². The van der Waals surface area contributed by atoms with Gasteiger partial charge in [0.05, 0.1) is 5.57 Å². The SMILES string of the molecule is CC/C=C(\C(=O)O)c1ccc(F)cc1. The van der Waals surface area contributed by atoms with Gasteiger partial charge in [-0.05, 0) is 24.1 Å². The zero-order chi connectivity index (χ0) is 10.6. The maximum atomic E-state index is 12.6. The summed E-state index contributed by atoms with van der Waals surface area (Å²) in [5.74, 6) is -1.35. The van der Waals surface area contributed by atoms with Gasteiger partial charge in [-0.3, -0.25) is 0 Å². The second-order valence-corrected chi connectivity index (χ2v) is 2.84. The molecule has 0 unspecified atom stereocenters. The van der Waals surface area contributed by atoms with Crippen LogP contribution in [0.3, 0.4) is 0 Å². The Morgan fingerprint density at radius 2 is 2.00 bits per heavy atom. The summed E-state index contributed by atoms with van der Waals surface area (Å²) in [5.41, 5.74) is 0.744. The monoisotopic (exact) mass is 194 g/mol. The molecule has 0 saturated carbocycles. The Bertz CT molecular complexity index is 352. The second kappa shape index (κ2) is 4.56. The van der Waals surface area contributed by atoms with Crippen molar-refractivity contribution in [1.29, 1.82) is 0 Å². The summed E-state index contributed by atoms with van der Waals surface area (Å²) in [6, 6.07) is 5.43. The number of carboxylic acid groups (broad SMARTS) is 1. The lowest BCUT2D eigenvalue weighted by molar-refractivity contribution is -0.130. The van der Waals surface area contributed by atoms with Crippen molar-refractivity contribution in [2.24, 2.45) is 0 Å². The van der Waals surface area contributed by atoms with Gasteiger partial charge in [0.2, 0.25) is 0 Å². The van der Waals surface area contributed by atoms with Gasteiger partial charge in [-0.15, -0.1) is 0 Å². The smallest absolute Gasteiger partial charge is 0.335 e. The molecule has 0 amide bonds. The third kappa shape index (κ3) is 2.42. The van der Waals surface area contributed by atoms with Crippen molar-refractivity contribution in [3.8, 4) is 0 Å². The van der Waals surface area contributed by atoms with Crippen LogP contribution in [0.4, 0.5) is 4.39 Å². The van der Waals surface area contributed by atoms with Gasteiger partial charge in [-0.2, -0.15) is 0 Å². The topological polar surface area (TPSA) is 37.3 Å². The molecule has 0 radical (unpaired) electrons. The molecule has 0 aliphatic heterocycles. The van der Waals surface area contributed by atoms with Crippen molar-refractivity contribution in [2.45, 2.75) is 13.3 Å². The first kappa shape index (κ1) is 10.4. The minimum atomic E-state index is -0.988. The molecule has 2 nitrogen and oxygen atoms in total. The number of allylic oxidation sites excluding steroid dienone is 1. The number of hydrogen-bond donors (Lipinski definition) is 1. The number of carbonyl (C=O) groups is 1. The highest BCUT2D eigenvalue weighted by molar-refractivity contribution is 6.15. The minimum absolute atomic E-state index is 0.215. The van der Waals surface area contributed by atoms with E-state index in [9.17, 15) is 9.18 Å². The Morgan fingerprint density at radius 1 is 1.43 bits per heavy atom. The van der Waals surface area contributed by atoms with E-state index in [2.05, 4.69) is 0 Å². The normalized spacial score (nSPS) is 11.4. The summed E-state index contributed by atoms with van der Waals surface area (Å²) >= 11 is 0. The Labute approximate surface area is 81.7 Å². The fourth-order valence-electron chi connectivity index (χ4n) is 1.16. The Morgan fingerprint density at radius 3 is 2.43 bits per heavy atom. The largest absolute Gasteiger partial charge is 0.478 e. The number of rotatable bonds is 3. The molecular weight excluding hydrogens is 183 g/mol. The number of benzene rings is 1. The lowest BCUT2D eigenvalue weighted by Gasteiger charge is -2.01. The molecule has 0 heterocycles. The predicted octanol–water partition coefficient (Wildman–Crippen LogP) is 2.70.